The van der Waals surface area contributed by atoms with Gasteiger partial charge in [0.1, 0.15) is 0 Å². The van der Waals surface area contributed by atoms with E-state index in [1.807, 2.05) is 18.6 Å². The van der Waals surface area contributed by atoms with Crippen molar-refractivity contribution in [2.45, 2.75) is 11.8 Å². The number of benzene rings is 2. The standard InChI is InChI=1S/C18H20N2OSi/c1-21-18(22,13-20-12-11-19-14-20)17-9-7-16(8-10-17)15-5-3-2-4-6-15/h2-12,14H,13H2,1,22H3. The van der Waals surface area contributed by atoms with Gasteiger partial charge < -0.3 is 9.30 Å². The number of rotatable bonds is 5. The van der Waals surface area contributed by atoms with Crippen LogP contribution in [0.3, 0.4) is 0 Å². The third-order valence-electron chi connectivity index (χ3n) is 4.10. The molecule has 112 valence electrons. The Morgan fingerprint density at radius 2 is 1.73 bits per heavy atom. The molecule has 0 amide bonds. The van der Waals surface area contributed by atoms with Crippen molar-refractivity contribution in [3.8, 4) is 11.1 Å². The molecule has 0 radical (unpaired) electrons. The molecule has 0 saturated heterocycles. The zero-order valence-corrected chi connectivity index (χ0v) is 14.9. The maximum absolute atomic E-state index is 5.86. The lowest BCUT2D eigenvalue weighted by Gasteiger charge is -2.29. The smallest absolute Gasteiger partial charge is 0.0946 e. The van der Waals surface area contributed by atoms with Crippen molar-refractivity contribution in [3.05, 3.63) is 78.9 Å². The highest BCUT2D eigenvalue weighted by Crippen LogP contribution is 2.27. The first-order chi connectivity index (χ1) is 10.7. The lowest BCUT2D eigenvalue weighted by molar-refractivity contribution is 0.0455. The van der Waals surface area contributed by atoms with Crippen LogP contribution in [0.5, 0.6) is 0 Å². The van der Waals surface area contributed by atoms with E-state index in [9.17, 15) is 0 Å². The molecule has 0 N–H and O–H groups in total. The van der Waals surface area contributed by atoms with E-state index >= 15 is 0 Å². The highest BCUT2D eigenvalue weighted by Gasteiger charge is 2.26. The fourth-order valence-electron chi connectivity index (χ4n) is 2.65. The summed E-state index contributed by atoms with van der Waals surface area (Å²) in [5, 5.41) is -0.240. The average Bonchev–Trinajstić information content (AvgIpc) is 3.08. The molecular formula is C18H20N2OSi. The van der Waals surface area contributed by atoms with Crippen molar-refractivity contribution in [1.82, 2.24) is 9.55 Å². The number of imidazole rings is 1. The van der Waals surface area contributed by atoms with Crippen molar-refractivity contribution >= 4 is 10.2 Å². The Morgan fingerprint density at radius 3 is 2.32 bits per heavy atom. The first-order valence-electron chi connectivity index (χ1n) is 7.38. The molecule has 0 bridgehead atoms. The molecule has 0 aliphatic heterocycles. The second kappa shape index (κ2) is 6.30. The van der Waals surface area contributed by atoms with E-state index in [-0.39, 0.29) is 5.22 Å². The fourth-order valence-corrected chi connectivity index (χ4v) is 3.35. The molecule has 1 unspecified atom stereocenters. The summed E-state index contributed by atoms with van der Waals surface area (Å²) in [4.78, 5) is 4.11. The van der Waals surface area contributed by atoms with Crippen LogP contribution in [0.15, 0.2) is 73.3 Å². The topological polar surface area (TPSA) is 27.1 Å². The van der Waals surface area contributed by atoms with Crippen LogP contribution in [0.25, 0.3) is 11.1 Å². The number of ether oxygens (including phenoxy) is 1. The molecule has 22 heavy (non-hydrogen) atoms. The van der Waals surface area contributed by atoms with Crippen LogP contribution in [0.2, 0.25) is 0 Å². The Balaban J connectivity index is 1.87. The maximum atomic E-state index is 5.86. The largest absolute Gasteiger partial charge is 0.376 e. The van der Waals surface area contributed by atoms with Crippen molar-refractivity contribution in [2.24, 2.45) is 0 Å². The molecule has 0 saturated carbocycles. The Hall–Kier alpha value is -2.17. The second-order valence-corrected chi connectivity index (χ2v) is 7.23. The minimum atomic E-state index is -0.240. The van der Waals surface area contributed by atoms with Gasteiger partial charge in [0, 0.05) is 19.5 Å². The van der Waals surface area contributed by atoms with Gasteiger partial charge in [0.25, 0.3) is 0 Å². The van der Waals surface area contributed by atoms with E-state index in [4.69, 9.17) is 4.74 Å². The third-order valence-corrected chi connectivity index (χ3v) is 5.40. The van der Waals surface area contributed by atoms with E-state index in [2.05, 4.69) is 58.1 Å². The van der Waals surface area contributed by atoms with Gasteiger partial charge in [0.05, 0.1) is 28.3 Å². The van der Waals surface area contributed by atoms with E-state index in [1.165, 1.54) is 16.7 Å². The molecule has 1 aromatic heterocycles. The van der Waals surface area contributed by atoms with Gasteiger partial charge in [0.2, 0.25) is 0 Å². The van der Waals surface area contributed by atoms with Crippen LogP contribution in [-0.2, 0) is 16.5 Å². The Labute approximate surface area is 134 Å². The lowest BCUT2D eigenvalue weighted by Crippen LogP contribution is -2.34. The summed E-state index contributed by atoms with van der Waals surface area (Å²) in [7, 11) is 2.69. The first kappa shape index (κ1) is 14.8. The zero-order valence-electron chi connectivity index (χ0n) is 12.9. The SMILES string of the molecule is COC([SiH3])(Cn1ccnc1)c1ccc(-c2ccccc2)cc1. The minimum absolute atomic E-state index is 0.240. The molecule has 4 heteroatoms. The lowest BCUT2D eigenvalue weighted by atomic mass is 10.0. The van der Waals surface area contributed by atoms with Crippen molar-refractivity contribution in [3.63, 3.8) is 0 Å². The summed E-state index contributed by atoms with van der Waals surface area (Å²) in [6, 6.07) is 19.1. The minimum Gasteiger partial charge on any atom is -0.376 e. The molecule has 1 heterocycles. The number of nitrogens with zero attached hydrogens (tertiary/aromatic N) is 2. The summed E-state index contributed by atoms with van der Waals surface area (Å²) < 4.78 is 7.93. The molecule has 1 atom stereocenters. The number of hydrogen-bond acceptors (Lipinski definition) is 2. The van der Waals surface area contributed by atoms with Crippen LogP contribution < -0.4 is 0 Å². The van der Waals surface area contributed by atoms with E-state index in [0.717, 1.165) is 16.8 Å². The quantitative estimate of drug-likeness (QED) is 0.677. The van der Waals surface area contributed by atoms with Gasteiger partial charge in [-0.2, -0.15) is 0 Å². The zero-order chi connectivity index (χ0) is 15.4. The normalized spacial score (nSPS) is 13.9. The summed E-state index contributed by atoms with van der Waals surface area (Å²) >= 11 is 0. The highest BCUT2D eigenvalue weighted by molar-refractivity contribution is 6.14. The van der Waals surface area contributed by atoms with Crippen molar-refractivity contribution in [1.29, 1.82) is 0 Å². The molecule has 0 aliphatic rings. The summed E-state index contributed by atoms with van der Waals surface area (Å²) in [5.41, 5.74) is 3.68. The number of hydrogen-bond donors (Lipinski definition) is 0. The molecule has 2 aromatic carbocycles. The van der Waals surface area contributed by atoms with Crippen molar-refractivity contribution < 1.29 is 4.74 Å². The molecule has 3 rings (SSSR count). The van der Waals surface area contributed by atoms with Gasteiger partial charge in [-0.3, -0.25) is 0 Å². The first-order valence-corrected chi connectivity index (χ1v) is 8.38. The van der Waals surface area contributed by atoms with Gasteiger partial charge >= 0.3 is 0 Å². The highest BCUT2D eigenvalue weighted by atomic mass is 28.1. The molecule has 3 aromatic rings. The third kappa shape index (κ3) is 3.03. The Bertz CT molecular complexity index is 711. The Kier molecular flexibility index (Phi) is 4.22. The Morgan fingerprint density at radius 1 is 1.05 bits per heavy atom. The van der Waals surface area contributed by atoms with Gasteiger partial charge in [-0.15, -0.1) is 0 Å². The van der Waals surface area contributed by atoms with Crippen LogP contribution in [0, 0.1) is 0 Å². The summed E-state index contributed by atoms with van der Waals surface area (Å²) in [6.07, 6.45) is 5.62. The molecule has 0 spiro atoms. The predicted octanol–water partition coefficient (Wildman–Crippen LogP) is 2.41. The molecular weight excluding hydrogens is 288 g/mol. The summed E-state index contributed by atoms with van der Waals surface area (Å²) in [6.45, 7) is 0.792. The number of aromatic nitrogens is 2. The van der Waals surface area contributed by atoms with E-state index in [0.29, 0.717) is 0 Å². The van der Waals surface area contributed by atoms with Gasteiger partial charge in [-0.05, 0) is 16.7 Å². The summed E-state index contributed by atoms with van der Waals surface area (Å²) in [5.74, 6) is 0. The molecule has 3 nitrogen and oxygen atoms in total. The van der Waals surface area contributed by atoms with Crippen LogP contribution in [-0.4, -0.2) is 26.9 Å². The van der Waals surface area contributed by atoms with Crippen molar-refractivity contribution in [2.75, 3.05) is 7.11 Å². The van der Waals surface area contributed by atoms with Gasteiger partial charge in [-0.25, -0.2) is 4.98 Å². The monoisotopic (exact) mass is 308 g/mol. The fraction of sp³-hybridized carbons (Fsp3) is 0.167. The van der Waals surface area contributed by atoms with Gasteiger partial charge in [-0.1, -0.05) is 54.6 Å². The molecule has 0 aliphatic carbocycles. The second-order valence-electron chi connectivity index (χ2n) is 5.61. The van der Waals surface area contributed by atoms with Crippen LogP contribution in [0.4, 0.5) is 0 Å². The maximum Gasteiger partial charge on any atom is 0.0946 e. The van der Waals surface area contributed by atoms with Gasteiger partial charge in [0.15, 0.2) is 0 Å². The van der Waals surface area contributed by atoms with E-state index in [1.54, 1.807) is 13.3 Å². The average molecular weight is 308 g/mol. The van der Waals surface area contributed by atoms with E-state index < -0.39 is 0 Å². The van der Waals surface area contributed by atoms with Crippen LogP contribution >= 0.6 is 0 Å². The number of methoxy groups -OCH3 is 1. The van der Waals surface area contributed by atoms with Crippen LogP contribution in [0.1, 0.15) is 5.56 Å². The molecule has 0 fully saturated rings. The predicted molar refractivity (Wildman–Crippen MR) is 92.7 cm³/mol.